The first-order valence-electron chi connectivity index (χ1n) is 5.28. The van der Waals surface area contributed by atoms with Gasteiger partial charge in [0.2, 0.25) is 0 Å². The Hall–Kier alpha value is -0.760. The van der Waals surface area contributed by atoms with Gasteiger partial charge in [0.1, 0.15) is 0 Å². The molecule has 0 radical (unpaired) electrons. The number of rotatable bonds is 3. The minimum Gasteiger partial charge on any atom is -0.390 e. The van der Waals surface area contributed by atoms with Crippen LogP contribution in [0.2, 0.25) is 0 Å². The first kappa shape index (κ1) is 13.2. The van der Waals surface area contributed by atoms with Crippen LogP contribution >= 0.6 is 0 Å². The van der Waals surface area contributed by atoms with Crippen LogP contribution in [0.4, 0.5) is 0 Å². The number of nitrogens with one attached hydrogen (secondary N) is 1. The van der Waals surface area contributed by atoms with Crippen LogP contribution in [-0.4, -0.2) is 12.6 Å². The summed E-state index contributed by atoms with van der Waals surface area (Å²) in [5.41, 5.74) is 8.34. The van der Waals surface area contributed by atoms with Gasteiger partial charge in [0.25, 0.3) is 0 Å². The molecule has 0 amide bonds. The molecule has 1 aliphatic rings. The largest absolute Gasteiger partial charge is 0.390 e. The third-order valence-corrected chi connectivity index (χ3v) is 2.49. The van der Waals surface area contributed by atoms with Crippen LogP contribution in [0.1, 0.15) is 40.0 Å². The van der Waals surface area contributed by atoms with E-state index in [1.165, 1.54) is 11.3 Å². The van der Waals surface area contributed by atoms with E-state index in [-0.39, 0.29) is 5.54 Å². The molecule has 14 heavy (non-hydrogen) atoms. The average Bonchev–Trinajstić information content (AvgIpc) is 2.87. The van der Waals surface area contributed by atoms with Crippen LogP contribution in [0, 0.1) is 0 Å². The summed E-state index contributed by atoms with van der Waals surface area (Å²) in [6, 6.07) is 0. The van der Waals surface area contributed by atoms with Crippen molar-refractivity contribution < 1.29 is 0 Å². The molecule has 0 atom stereocenters. The summed E-state index contributed by atoms with van der Waals surface area (Å²) in [5, 5.41) is 3.09. The maximum atomic E-state index is 5.88. The molecule has 0 aromatic carbocycles. The first-order chi connectivity index (χ1) is 6.50. The molecule has 0 aliphatic heterocycles. The zero-order valence-corrected chi connectivity index (χ0v) is 9.98. The van der Waals surface area contributed by atoms with E-state index in [4.69, 9.17) is 5.73 Å². The zero-order chi connectivity index (χ0) is 11.2. The number of hydrogen-bond donors (Lipinski definition) is 2. The molecule has 1 aliphatic carbocycles. The highest BCUT2D eigenvalue weighted by Crippen LogP contribution is 2.37. The van der Waals surface area contributed by atoms with Gasteiger partial charge in [-0.15, -0.1) is 6.58 Å². The van der Waals surface area contributed by atoms with Crippen LogP contribution in [0.5, 0.6) is 0 Å². The van der Waals surface area contributed by atoms with E-state index >= 15 is 0 Å². The summed E-state index contributed by atoms with van der Waals surface area (Å²) < 4.78 is 0. The van der Waals surface area contributed by atoms with Crippen LogP contribution in [-0.2, 0) is 0 Å². The van der Waals surface area contributed by atoms with Gasteiger partial charge in [-0.05, 0) is 33.1 Å². The molecule has 0 spiro atoms. The lowest BCUT2D eigenvalue weighted by Crippen LogP contribution is -2.31. The SMILES string of the molecule is C/C=C(\NC)C1(N)CC1.C=C(C)CC. The Morgan fingerprint density at radius 3 is 2.07 bits per heavy atom. The van der Waals surface area contributed by atoms with Crippen molar-refractivity contribution in [3.63, 3.8) is 0 Å². The minimum absolute atomic E-state index is 0.0174. The molecule has 2 heteroatoms. The molecule has 2 nitrogen and oxygen atoms in total. The Kier molecular flexibility index (Phi) is 5.55. The second kappa shape index (κ2) is 5.86. The Bertz CT molecular complexity index is 212. The molecule has 0 saturated heterocycles. The second-order valence-electron chi connectivity index (χ2n) is 3.92. The number of nitrogens with two attached hydrogens (primary N) is 1. The molecule has 1 saturated carbocycles. The van der Waals surface area contributed by atoms with Crippen LogP contribution in [0.3, 0.4) is 0 Å². The zero-order valence-electron chi connectivity index (χ0n) is 9.98. The molecule has 0 aromatic heterocycles. The predicted octanol–water partition coefficient (Wildman–Crippen LogP) is 2.57. The standard InChI is InChI=1S/C7H14N2.C5H10/c1-3-6(9-2)7(8)4-5-7;1-4-5(2)3/h3,9H,4-5,8H2,1-2H3;2,4H2,1,3H3/b6-3-;. The Morgan fingerprint density at radius 2 is 2.00 bits per heavy atom. The molecule has 0 heterocycles. The van der Waals surface area contributed by atoms with Gasteiger partial charge in [0.15, 0.2) is 0 Å². The quantitative estimate of drug-likeness (QED) is 0.681. The first-order valence-corrected chi connectivity index (χ1v) is 5.28. The predicted molar refractivity (Wildman–Crippen MR) is 64.1 cm³/mol. The highest BCUT2D eigenvalue weighted by molar-refractivity contribution is 5.24. The van der Waals surface area contributed by atoms with Gasteiger partial charge in [-0.3, -0.25) is 0 Å². The Balaban J connectivity index is 0.000000292. The van der Waals surface area contributed by atoms with E-state index in [1.54, 1.807) is 0 Å². The maximum Gasteiger partial charge on any atom is 0.0556 e. The second-order valence-corrected chi connectivity index (χ2v) is 3.92. The van der Waals surface area contributed by atoms with Gasteiger partial charge in [-0.25, -0.2) is 0 Å². The van der Waals surface area contributed by atoms with E-state index < -0.39 is 0 Å². The highest BCUT2D eigenvalue weighted by Gasteiger charge is 2.41. The maximum absolute atomic E-state index is 5.88. The van der Waals surface area contributed by atoms with E-state index in [9.17, 15) is 0 Å². The fourth-order valence-corrected chi connectivity index (χ4v) is 1.08. The van der Waals surface area contributed by atoms with Crippen molar-refractivity contribution in [2.24, 2.45) is 5.73 Å². The summed E-state index contributed by atoms with van der Waals surface area (Å²) in [6.07, 6.45) is 5.42. The minimum atomic E-state index is 0.0174. The van der Waals surface area contributed by atoms with Gasteiger partial charge in [-0.1, -0.05) is 18.6 Å². The van der Waals surface area contributed by atoms with Crippen molar-refractivity contribution in [2.45, 2.75) is 45.6 Å². The Labute approximate surface area is 88.3 Å². The smallest absolute Gasteiger partial charge is 0.0556 e. The lowest BCUT2D eigenvalue weighted by molar-refractivity contribution is 0.717. The van der Waals surface area contributed by atoms with Crippen LogP contribution in [0.15, 0.2) is 23.9 Å². The van der Waals surface area contributed by atoms with Crippen molar-refractivity contribution in [3.8, 4) is 0 Å². The summed E-state index contributed by atoms with van der Waals surface area (Å²) in [7, 11) is 1.92. The molecule has 0 unspecified atom stereocenters. The van der Waals surface area contributed by atoms with Crippen molar-refractivity contribution in [3.05, 3.63) is 23.9 Å². The van der Waals surface area contributed by atoms with E-state index in [0.29, 0.717) is 0 Å². The third-order valence-electron chi connectivity index (χ3n) is 2.49. The fourth-order valence-electron chi connectivity index (χ4n) is 1.08. The molecule has 0 aromatic rings. The normalized spacial score (nSPS) is 17.9. The van der Waals surface area contributed by atoms with Crippen molar-refractivity contribution in [2.75, 3.05) is 7.05 Å². The summed E-state index contributed by atoms with van der Waals surface area (Å²) in [6.45, 7) is 9.81. The molecule has 82 valence electrons. The summed E-state index contributed by atoms with van der Waals surface area (Å²) in [5.74, 6) is 0. The lowest BCUT2D eigenvalue weighted by atomic mass is 10.2. The number of allylic oxidation sites excluding steroid dienone is 2. The van der Waals surface area contributed by atoms with Crippen molar-refractivity contribution in [1.29, 1.82) is 0 Å². The summed E-state index contributed by atoms with van der Waals surface area (Å²) >= 11 is 0. The van der Waals surface area contributed by atoms with Crippen LogP contribution < -0.4 is 11.1 Å². The monoisotopic (exact) mass is 196 g/mol. The van der Waals surface area contributed by atoms with Gasteiger partial charge in [-0.2, -0.15) is 0 Å². The number of hydrogen-bond acceptors (Lipinski definition) is 2. The average molecular weight is 196 g/mol. The molecule has 3 N–H and O–H groups in total. The topological polar surface area (TPSA) is 38.0 Å². The highest BCUT2D eigenvalue weighted by atomic mass is 15.0. The lowest BCUT2D eigenvalue weighted by Gasteiger charge is -2.12. The van der Waals surface area contributed by atoms with Gasteiger partial charge < -0.3 is 11.1 Å². The van der Waals surface area contributed by atoms with E-state index in [0.717, 1.165) is 19.3 Å². The third kappa shape index (κ3) is 4.47. The van der Waals surface area contributed by atoms with Gasteiger partial charge in [0.05, 0.1) is 5.54 Å². The summed E-state index contributed by atoms with van der Waals surface area (Å²) in [4.78, 5) is 0. The van der Waals surface area contributed by atoms with Crippen molar-refractivity contribution in [1.82, 2.24) is 5.32 Å². The van der Waals surface area contributed by atoms with E-state index in [1.807, 2.05) is 27.0 Å². The molecule has 0 bridgehead atoms. The molecule has 1 rings (SSSR count). The fraction of sp³-hybridized carbons (Fsp3) is 0.667. The molecular weight excluding hydrogens is 172 g/mol. The molecule has 1 fully saturated rings. The van der Waals surface area contributed by atoms with Gasteiger partial charge >= 0.3 is 0 Å². The Morgan fingerprint density at radius 1 is 1.57 bits per heavy atom. The van der Waals surface area contributed by atoms with Crippen molar-refractivity contribution >= 4 is 0 Å². The molecular formula is C12H24N2. The van der Waals surface area contributed by atoms with E-state index in [2.05, 4.69) is 18.8 Å². The van der Waals surface area contributed by atoms with Gasteiger partial charge in [0, 0.05) is 12.7 Å². The number of likely N-dealkylation sites (N-methyl/N-ethyl adjacent to an activating group) is 1. The van der Waals surface area contributed by atoms with Crippen LogP contribution in [0.25, 0.3) is 0 Å².